The topological polar surface area (TPSA) is 48.1 Å². The molecule has 0 aliphatic carbocycles. The molecule has 66 valence electrons. The number of aromatic nitrogens is 1. The Labute approximate surface area is 72.6 Å². The molecule has 0 aliphatic rings. The van der Waals surface area contributed by atoms with E-state index in [4.69, 9.17) is 10.5 Å². The van der Waals surface area contributed by atoms with E-state index in [9.17, 15) is 0 Å². The van der Waals surface area contributed by atoms with Crippen molar-refractivity contribution in [2.75, 3.05) is 6.61 Å². The van der Waals surface area contributed by atoms with Crippen molar-refractivity contribution in [3.63, 3.8) is 0 Å². The van der Waals surface area contributed by atoms with Gasteiger partial charge in [-0.15, -0.1) is 0 Å². The number of aryl methyl sites for hydroxylation is 1. The van der Waals surface area contributed by atoms with E-state index in [1.54, 1.807) is 6.20 Å². The summed E-state index contributed by atoms with van der Waals surface area (Å²) >= 11 is 0. The van der Waals surface area contributed by atoms with Crippen molar-refractivity contribution in [1.82, 2.24) is 4.98 Å². The molecule has 0 aromatic carbocycles. The first-order valence-electron chi connectivity index (χ1n) is 4.06. The van der Waals surface area contributed by atoms with Crippen LogP contribution in [0.2, 0.25) is 0 Å². The van der Waals surface area contributed by atoms with Crippen molar-refractivity contribution in [3.05, 3.63) is 23.5 Å². The van der Waals surface area contributed by atoms with Crippen molar-refractivity contribution in [2.24, 2.45) is 5.73 Å². The Kier molecular flexibility index (Phi) is 3.05. The third-order valence-corrected chi connectivity index (χ3v) is 1.60. The first-order chi connectivity index (χ1) is 5.77. The van der Waals surface area contributed by atoms with E-state index in [1.165, 1.54) is 0 Å². The monoisotopic (exact) mass is 166 g/mol. The van der Waals surface area contributed by atoms with Gasteiger partial charge < -0.3 is 10.5 Å². The van der Waals surface area contributed by atoms with Gasteiger partial charge in [0, 0.05) is 17.8 Å². The Morgan fingerprint density at radius 1 is 1.58 bits per heavy atom. The van der Waals surface area contributed by atoms with E-state index in [-0.39, 0.29) is 0 Å². The molecule has 3 nitrogen and oxygen atoms in total. The molecule has 0 atom stereocenters. The second kappa shape index (κ2) is 4.07. The molecule has 0 saturated heterocycles. The summed E-state index contributed by atoms with van der Waals surface area (Å²) in [7, 11) is 0. The summed E-state index contributed by atoms with van der Waals surface area (Å²) in [6.07, 6.45) is 1.72. The first kappa shape index (κ1) is 9.00. The van der Waals surface area contributed by atoms with Crippen LogP contribution in [0.4, 0.5) is 0 Å². The molecule has 0 aliphatic heterocycles. The van der Waals surface area contributed by atoms with Crippen LogP contribution in [0.5, 0.6) is 5.75 Å². The lowest BCUT2D eigenvalue weighted by atomic mass is 10.2. The van der Waals surface area contributed by atoms with Gasteiger partial charge in [-0.2, -0.15) is 0 Å². The second-order valence-electron chi connectivity index (χ2n) is 2.57. The van der Waals surface area contributed by atoms with Crippen molar-refractivity contribution in [2.45, 2.75) is 20.4 Å². The Bertz CT molecular complexity index is 261. The van der Waals surface area contributed by atoms with Crippen LogP contribution in [0.3, 0.4) is 0 Å². The van der Waals surface area contributed by atoms with Crippen molar-refractivity contribution >= 4 is 0 Å². The number of ether oxygens (including phenoxy) is 1. The molecule has 0 unspecified atom stereocenters. The lowest BCUT2D eigenvalue weighted by molar-refractivity contribution is 0.335. The van der Waals surface area contributed by atoms with Crippen LogP contribution < -0.4 is 10.5 Å². The van der Waals surface area contributed by atoms with Crippen LogP contribution in [0.1, 0.15) is 18.2 Å². The summed E-state index contributed by atoms with van der Waals surface area (Å²) in [6, 6.07) is 1.95. The van der Waals surface area contributed by atoms with E-state index in [0.29, 0.717) is 13.2 Å². The highest BCUT2D eigenvalue weighted by molar-refractivity contribution is 5.31. The van der Waals surface area contributed by atoms with Crippen molar-refractivity contribution < 1.29 is 4.74 Å². The van der Waals surface area contributed by atoms with Gasteiger partial charge in [-0.25, -0.2) is 0 Å². The van der Waals surface area contributed by atoms with E-state index >= 15 is 0 Å². The van der Waals surface area contributed by atoms with Gasteiger partial charge in [0.2, 0.25) is 0 Å². The van der Waals surface area contributed by atoms with Gasteiger partial charge in [-0.3, -0.25) is 4.98 Å². The third kappa shape index (κ3) is 1.95. The molecule has 1 aromatic rings. The Morgan fingerprint density at radius 2 is 2.33 bits per heavy atom. The Morgan fingerprint density at radius 3 is 2.92 bits per heavy atom. The summed E-state index contributed by atoms with van der Waals surface area (Å²) in [5.41, 5.74) is 7.53. The maximum Gasteiger partial charge on any atom is 0.142 e. The van der Waals surface area contributed by atoms with Gasteiger partial charge >= 0.3 is 0 Å². The highest BCUT2D eigenvalue weighted by Gasteiger charge is 2.01. The maximum atomic E-state index is 5.54. The normalized spacial score (nSPS) is 9.92. The lowest BCUT2D eigenvalue weighted by Crippen LogP contribution is -2.03. The van der Waals surface area contributed by atoms with E-state index in [1.807, 2.05) is 19.9 Å². The van der Waals surface area contributed by atoms with Crippen molar-refractivity contribution in [3.8, 4) is 5.75 Å². The van der Waals surface area contributed by atoms with Gasteiger partial charge in [0.25, 0.3) is 0 Å². The highest BCUT2D eigenvalue weighted by atomic mass is 16.5. The number of nitrogens with two attached hydrogens (primary N) is 1. The van der Waals surface area contributed by atoms with Gasteiger partial charge in [0.15, 0.2) is 0 Å². The van der Waals surface area contributed by atoms with Gasteiger partial charge in [0.1, 0.15) is 5.75 Å². The van der Waals surface area contributed by atoms with Crippen molar-refractivity contribution in [1.29, 1.82) is 0 Å². The van der Waals surface area contributed by atoms with Crippen LogP contribution in [-0.4, -0.2) is 11.6 Å². The summed E-state index contributed by atoms with van der Waals surface area (Å²) in [4.78, 5) is 4.13. The largest absolute Gasteiger partial charge is 0.492 e. The minimum absolute atomic E-state index is 0.499. The van der Waals surface area contributed by atoms with Gasteiger partial charge in [-0.1, -0.05) is 0 Å². The first-order valence-corrected chi connectivity index (χ1v) is 4.06. The SMILES string of the molecule is CCOc1cnc(C)cc1CN. The average Bonchev–Trinajstić information content (AvgIpc) is 2.08. The van der Waals surface area contributed by atoms with Gasteiger partial charge in [0.05, 0.1) is 12.8 Å². The molecule has 0 spiro atoms. The lowest BCUT2D eigenvalue weighted by Gasteiger charge is -2.07. The number of hydrogen-bond donors (Lipinski definition) is 1. The van der Waals surface area contributed by atoms with E-state index < -0.39 is 0 Å². The number of nitrogens with zero attached hydrogens (tertiary/aromatic N) is 1. The Balaban J connectivity index is 2.94. The van der Waals surface area contributed by atoms with Gasteiger partial charge in [-0.05, 0) is 19.9 Å². The standard InChI is InChI=1S/C9H14N2O/c1-3-12-9-6-11-7(2)4-8(9)5-10/h4,6H,3,5,10H2,1-2H3. The average molecular weight is 166 g/mol. The van der Waals surface area contributed by atoms with E-state index in [0.717, 1.165) is 17.0 Å². The molecule has 1 rings (SSSR count). The fourth-order valence-electron chi connectivity index (χ4n) is 1.05. The number of hydrogen-bond acceptors (Lipinski definition) is 3. The molecule has 2 N–H and O–H groups in total. The fourth-order valence-corrected chi connectivity index (χ4v) is 1.05. The quantitative estimate of drug-likeness (QED) is 0.735. The van der Waals surface area contributed by atoms with Crippen LogP contribution in [0, 0.1) is 6.92 Å². The molecule has 0 fully saturated rings. The maximum absolute atomic E-state index is 5.54. The molecule has 0 saturated carbocycles. The number of pyridine rings is 1. The third-order valence-electron chi connectivity index (χ3n) is 1.60. The predicted octanol–water partition coefficient (Wildman–Crippen LogP) is 1.25. The molecular formula is C9H14N2O. The number of rotatable bonds is 3. The summed E-state index contributed by atoms with van der Waals surface area (Å²) in [5, 5.41) is 0. The molecule has 12 heavy (non-hydrogen) atoms. The summed E-state index contributed by atoms with van der Waals surface area (Å²) in [6.45, 7) is 5.03. The molecule has 1 aromatic heterocycles. The second-order valence-corrected chi connectivity index (χ2v) is 2.57. The van der Waals surface area contributed by atoms with Crippen LogP contribution in [0.25, 0.3) is 0 Å². The molecular weight excluding hydrogens is 152 g/mol. The van der Waals surface area contributed by atoms with Crippen LogP contribution in [-0.2, 0) is 6.54 Å². The summed E-state index contributed by atoms with van der Waals surface area (Å²) in [5.74, 6) is 0.797. The Hall–Kier alpha value is -1.09. The molecule has 1 heterocycles. The summed E-state index contributed by atoms with van der Waals surface area (Å²) < 4.78 is 5.34. The smallest absolute Gasteiger partial charge is 0.142 e. The molecule has 3 heteroatoms. The molecule has 0 bridgehead atoms. The fraction of sp³-hybridized carbons (Fsp3) is 0.444. The zero-order valence-electron chi connectivity index (χ0n) is 7.50. The minimum atomic E-state index is 0.499. The molecule has 0 amide bonds. The van der Waals surface area contributed by atoms with E-state index in [2.05, 4.69) is 4.98 Å². The molecule has 0 radical (unpaired) electrons. The van der Waals surface area contributed by atoms with Crippen LogP contribution in [0.15, 0.2) is 12.3 Å². The zero-order chi connectivity index (χ0) is 8.97. The minimum Gasteiger partial charge on any atom is -0.492 e. The zero-order valence-corrected chi connectivity index (χ0v) is 7.50. The highest BCUT2D eigenvalue weighted by Crippen LogP contribution is 2.16. The predicted molar refractivity (Wildman–Crippen MR) is 48.0 cm³/mol. The van der Waals surface area contributed by atoms with Crippen LogP contribution >= 0.6 is 0 Å².